The van der Waals surface area contributed by atoms with Crippen molar-refractivity contribution in [3.8, 4) is 0 Å². The maximum absolute atomic E-state index is 3.50. The number of benzene rings is 1. The summed E-state index contributed by atoms with van der Waals surface area (Å²) in [5.41, 5.74) is 2.84. The molecule has 1 heterocycles. The van der Waals surface area contributed by atoms with Gasteiger partial charge in [-0.1, -0.05) is 44.0 Å². The van der Waals surface area contributed by atoms with Crippen molar-refractivity contribution in [2.45, 2.75) is 58.0 Å². The molecule has 1 saturated heterocycles. The van der Waals surface area contributed by atoms with Crippen molar-refractivity contribution in [3.63, 3.8) is 0 Å². The molecule has 1 N–H and O–H groups in total. The highest BCUT2D eigenvalue weighted by atomic mass is 15.2. The van der Waals surface area contributed by atoms with Gasteiger partial charge < -0.3 is 5.32 Å². The largest absolute Gasteiger partial charge is 0.312 e. The molecule has 0 bridgehead atoms. The topological polar surface area (TPSA) is 15.3 Å². The van der Waals surface area contributed by atoms with E-state index < -0.39 is 0 Å². The SMILES string of the molecule is CCc1ccc(C(CN2CCCCCC2C)NC)cc1. The van der Waals surface area contributed by atoms with Gasteiger partial charge in [-0.25, -0.2) is 0 Å². The van der Waals surface area contributed by atoms with E-state index in [1.807, 2.05) is 0 Å². The van der Waals surface area contributed by atoms with E-state index in [1.165, 1.54) is 43.4 Å². The second-order valence-electron chi connectivity index (χ2n) is 6.13. The molecule has 2 atom stereocenters. The van der Waals surface area contributed by atoms with E-state index in [1.54, 1.807) is 0 Å². The van der Waals surface area contributed by atoms with Gasteiger partial charge in [0.15, 0.2) is 0 Å². The molecule has 112 valence electrons. The molecule has 0 radical (unpaired) electrons. The highest BCUT2D eigenvalue weighted by molar-refractivity contribution is 5.25. The lowest BCUT2D eigenvalue weighted by Crippen LogP contribution is -2.39. The van der Waals surface area contributed by atoms with Gasteiger partial charge in [-0.3, -0.25) is 4.90 Å². The van der Waals surface area contributed by atoms with Crippen LogP contribution in [0.3, 0.4) is 0 Å². The normalized spacial score (nSPS) is 22.4. The van der Waals surface area contributed by atoms with Gasteiger partial charge >= 0.3 is 0 Å². The van der Waals surface area contributed by atoms with E-state index in [2.05, 4.69) is 55.4 Å². The third kappa shape index (κ3) is 4.07. The van der Waals surface area contributed by atoms with Crippen LogP contribution in [0.2, 0.25) is 0 Å². The number of rotatable bonds is 5. The van der Waals surface area contributed by atoms with Crippen LogP contribution < -0.4 is 5.32 Å². The molecule has 0 amide bonds. The Morgan fingerprint density at radius 2 is 1.95 bits per heavy atom. The quantitative estimate of drug-likeness (QED) is 0.879. The van der Waals surface area contributed by atoms with Crippen molar-refractivity contribution in [2.24, 2.45) is 0 Å². The highest BCUT2D eigenvalue weighted by Gasteiger charge is 2.20. The Morgan fingerprint density at radius 3 is 2.60 bits per heavy atom. The Hall–Kier alpha value is -0.860. The predicted octanol–water partition coefficient (Wildman–Crippen LogP) is 3.77. The van der Waals surface area contributed by atoms with Crippen LogP contribution in [-0.2, 0) is 6.42 Å². The molecule has 0 saturated carbocycles. The Balaban J connectivity index is 2.02. The summed E-state index contributed by atoms with van der Waals surface area (Å²) in [6, 6.07) is 10.3. The smallest absolute Gasteiger partial charge is 0.0446 e. The summed E-state index contributed by atoms with van der Waals surface area (Å²) in [6.07, 6.45) is 6.62. The molecule has 1 aliphatic rings. The van der Waals surface area contributed by atoms with E-state index in [9.17, 15) is 0 Å². The maximum atomic E-state index is 3.50. The fraction of sp³-hybridized carbons (Fsp3) is 0.667. The standard InChI is InChI=1S/C18H30N2/c1-4-16-9-11-17(12-10-16)18(19-3)14-20-13-7-5-6-8-15(20)2/h9-12,15,18-19H,4-8,13-14H2,1-3H3. The lowest BCUT2D eigenvalue weighted by atomic mass is 10.0. The van der Waals surface area contributed by atoms with E-state index in [0.29, 0.717) is 6.04 Å². The maximum Gasteiger partial charge on any atom is 0.0446 e. The minimum absolute atomic E-state index is 0.446. The molecule has 0 spiro atoms. The monoisotopic (exact) mass is 274 g/mol. The number of likely N-dealkylation sites (tertiary alicyclic amines) is 1. The summed E-state index contributed by atoms with van der Waals surface area (Å²) in [5, 5.41) is 3.50. The van der Waals surface area contributed by atoms with Crippen molar-refractivity contribution in [3.05, 3.63) is 35.4 Å². The number of hydrogen-bond acceptors (Lipinski definition) is 2. The summed E-state index contributed by atoms with van der Waals surface area (Å²) in [7, 11) is 2.08. The first-order valence-electron chi connectivity index (χ1n) is 8.24. The van der Waals surface area contributed by atoms with Crippen LogP contribution in [-0.4, -0.2) is 31.1 Å². The second-order valence-corrected chi connectivity index (χ2v) is 6.13. The average Bonchev–Trinajstić information content (AvgIpc) is 2.69. The third-order valence-corrected chi connectivity index (χ3v) is 4.75. The highest BCUT2D eigenvalue weighted by Crippen LogP contribution is 2.21. The summed E-state index contributed by atoms with van der Waals surface area (Å²) in [5.74, 6) is 0. The summed E-state index contributed by atoms with van der Waals surface area (Å²) in [6.45, 7) is 6.98. The first kappa shape index (κ1) is 15.5. The molecule has 0 aromatic heterocycles. The van der Waals surface area contributed by atoms with Crippen molar-refractivity contribution >= 4 is 0 Å². The molecule has 1 aromatic carbocycles. The molecule has 1 aromatic rings. The number of hydrogen-bond donors (Lipinski definition) is 1. The van der Waals surface area contributed by atoms with Crippen LogP contribution in [0.1, 0.15) is 56.7 Å². The number of aryl methyl sites for hydroxylation is 1. The zero-order chi connectivity index (χ0) is 14.4. The van der Waals surface area contributed by atoms with Crippen molar-refractivity contribution < 1.29 is 0 Å². The minimum atomic E-state index is 0.446. The van der Waals surface area contributed by atoms with E-state index in [4.69, 9.17) is 0 Å². The molecule has 2 heteroatoms. The summed E-state index contributed by atoms with van der Waals surface area (Å²) < 4.78 is 0. The zero-order valence-corrected chi connectivity index (χ0v) is 13.4. The number of nitrogens with zero attached hydrogens (tertiary/aromatic N) is 1. The van der Waals surface area contributed by atoms with Crippen LogP contribution in [0.4, 0.5) is 0 Å². The minimum Gasteiger partial charge on any atom is -0.312 e. The van der Waals surface area contributed by atoms with Gasteiger partial charge in [0, 0.05) is 18.6 Å². The Kier molecular flexibility index (Phi) is 6.06. The van der Waals surface area contributed by atoms with Crippen molar-refractivity contribution in [1.82, 2.24) is 10.2 Å². The van der Waals surface area contributed by atoms with Gasteiger partial charge in [-0.05, 0) is 50.9 Å². The Morgan fingerprint density at radius 1 is 1.20 bits per heavy atom. The number of nitrogens with one attached hydrogen (secondary N) is 1. The molecule has 0 aliphatic carbocycles. The molecule has 1 aliphatic heterocycles. The fourth-order valence-corrected chi connectivity index (χ4v) is 3.19. The van der Waals surface area contributed by atoms with Crippen LogP contribution in [0.25, 0.3) is 0 Å². The van der Waals surface area contributed by atoms with Crippen LogP contribution in [0.15, 0.2) is 24.3 Å². The van der Waals surface area contributed by atoms with Gasteiger partial charge in [-0.15, -0.1) is 0 Å². The molecule has 2 unspecified atom stereocenters. The van der Waals surface area contributed by atoms with E-state index in [-0.39, 0.29) is 0 Å². The molecule has 20 heavy (non-hydrogen) atoms. The molecule has 2 rings (SSSR count). The average molecular weight is 274 g/mol. The van der Waals surface area contributed by atoms with Gasteiger partial charge in [-0.2, -0.15) is 0 Å². The van der Waals surface area contributed by atoms with Crippen molar-refractivity contribution in [1.29, 1.82) is 0 Å². The van der Waals surface area contributed by atoms with Crippen LogP contribution >= 0.6 is 0 Å². The summed E-state index contributed by atoms with van der Waals surface area (Å²) in [4.78, 5) is 2.67. The van der Waals surface area contributed by atoms with Gasteiger partial charge in [0.05, 0.1) is 0 Å². The Bertz CT molecular complexity index is 385. The molecule has 1 fully saturated rings. The molecule has 2 nitrogen and oxygen atoms in total. The Labute approximate surface area is 124 Å². The molecular formula is C18H30N2. The summed E-state index contributed by atoms with van der Waals surface area (Å²) >= 11 is 0. The van der Waals surface area contributed by atoms with Crippen LogP contribution in [0, 0.1) is 0 Å². The third-order valence-electron chi connectivity index (χ3n) is 4.75. The van der Waals surface area contributed by atoms with Crippen LogP contribution in [0.5, 0.6) is 0 Å². The lowest BCUT2D eigenvalue weighted by Gasteiger charge is -2.31. The van der Waals surface area contributed by atoms with Gasteiger partial charge in [0.1, 0.15) is 0 Å². The fourth-order valence-electron chi connectivity index (χ4n) is 3.19. The first-order valence-corrected chi connectivity index (χ1v) is 8.24. The van der Waals surface area contributed by atoms with E-state index >= 15 is 0 Å². The number of likely N-dealkylation sites (N-methyl/N-ethyl adjacent to an activating group) is 1. The zero-order valence-electron chi connectivity index (χ0n) is 13.4. The predicted molar refractivity (Wildman–Crippen MR) is 87.1 cm³/mol. The second kappa shape index (κ2) is 7.80. The van der Waals surface area contributed by atoms with Gasteiger partial charge in [0.2, 0.25) is 0 Å². The van der Waals surface area contributed by atoms with E-state index in [0.717, 1.165) is 19.0 Å². The van der Waals surface area contributed by atoms with Crippen molar-refractivity contribution in [2.75, 3.05) is 20.1 Å². The molecular weight excluding hydrogens is 244 g/mol. The lowest BCUT2D eigenvalue weighted by molar-refractivity contribution is 0.193. The first-order chi connectivity index (χ1) is 9.74. The van der Waals surface area contributed by atoms with Gasteiger partial charge in [0.25, 0.3) is 0 Å².